The molecular weight excluding hydrogens is 458 g/mol. The molecule has 3 aromatic rings. The molecule has 10 nitrogen and oxygen atoms in total. The number of non-ortho nitro benzene ring substituents is 1. The molecule has 3 aromatic carbocycles. The molecule has 0 heterocycles. The molecule has 0 saturated carbocycles. The van der Waals surface area contributed by atoms with E-state index in [0.717, 1.165) is 18.2 Å². The average molecular weight is 476 g/mol. The van der Waals surface area contributed by atoms with E-state index in [1.54, 1.807) is 31.1 Å². The van der Waals surface area contributed by atoms with Crippen LogP contribution in [0.5, 0.6) is 5.75 Å². The van der Waals surface area contributed by atoms with Crippen molar-refractivity contribution in [3.8, 4) is 5.75 Å². The molecule has 166 valence electrons. The standard InChI is InChI=1S/C20H18ClN5O5S/c1-25(2)14-5-9-17(22-23-19-12-15(26(28)29)6-10-20(19)27)18(11-14)24-32(30,31)16-7-3-13(21)4-8-16/h3-12,24,27H,1-2H3. The van der Waals surface area contributed by atoms with E-state index in [1.165, 1.54) is 30.3 Å². The highest BCUT2D eigenvalue weighted by Gasteiger charge is 2.17. The van der Waals surface area contributed by atoms with Gasteiger partial charge < -0.3 is 10.0 Å². The van der Waals surface area contributed by atoms with Crippen molar-refractivity contribution < 1.29 is 18.4 Å². The number of sulfonamides is 1. The van der Waals surface area contributed by atoms with Gasteiger partial charge in [0.2, 0.25) is 0 Å². The van der Waals surface area contributed by atoms with E-state index in [1.807, 2.05) is 0 Å². The maximum absolute atomic E-state index is 12.8. The van der Waals surface area contributed by atoms with Gasteiger partial charge in [-0.2, -0.15) is 0 Å². The third kappa shape index (κ3) is 5.31. The van der Waals surface area contributed by atoms with E-state index in [-0.39, 0.29) is 33.4 Å². The fourth-order valence-corrected chi connectivity index (χ4v) is 3.79. The highest BCUT2D eigenvalue weighted by Crippen LogP contribution is 2.35. The maximum atomic E-state index is 12.8. The zero-order valence-corrected chi connectivity index (χ0v) is 18.5. The number of anilines is 2. The van der Waals surface area contributed by atoms with E-state index < -0.39 is 14.9 Å². The molecular formula is C20H18ClN5O5S. The van der Waals surface area contributed by atoms with Crippen LogP contribution < -0.4 is 9.62 Å². The third-order valence-corrected chi connectivity index (χ3v) is 5.93. The number of nitrogens with one attached hydrogen (secondary N) is 1. The fourth-order valence-electron chi connectivity index (χ4n) is 2.60. The predicted molar refractivity (Wildman–Crippen MR) is 122 cm³/mol. The number of nitrogens with zero attached hydrogens (tertiary/aromatic N) is 4. The maximum Gasteiger partial charge on any atom is 0.271 e. The number of aromatic hydroxyl groups is 1. The Kier molecular flexibility index (Phi) is 6.61. The highest BCUT2D eigenvalue weighted by atomic mass is 35.5. The van der Waals surface area contributed by atoms with Crippen LogP contribution in [-0.2, 0) is 10.0 Å². The molecule has 0 aromatic heterocycles. The molecule has 12 heteroatoms. The zero-order valence-electron chi connectivity index (χ0n) is 16.9. The fraction of sp³-hybridized carbons (Fsp3) is 0.100. The lowest BCUT2D eigenvalue weighted by atomic mass is 10.2. The van der Waals surface area contributed by atoms with Gasteiger partial charge in [-0.05, 0) is 48.5 Å². The monoisotopic (exact) mass is 475 g/mol. The zero-order chi connectivity index (χ0) is 23.5. The molecule has 0 bridgehead atoms. The topological polar surface area (TPSA) is 138 Å². The lowest BCUT2D eigenvalue weighted by molar-refractivity contribution is -0.384. The first kappa shape index (κ1) is 23.0. The van der Waals surface area contributed by atoms with Crippen LogP contribution in [0.25, 0.3) is 0 Å². The summed E-state index contributed by atoms with van der Waals surface area (Å²) in [5.41, 5.74) is 0.542. The number of hydrogen-bond acceptors (Lipinski definition) is 8. The van der Waals surface area contributed by atoms with Gasteiger partial charge >= 0.3 is 0 Å². The number of azo groups is 1. The van der Waals surface area contributed by atoms with E-state index in [2.05, 4.69) is 15.0 Å². The minimum Gasteiger partial charge on any atom is -0.506 e. The number of benzene rings is 3. The average Bonchev–Trinajstić information content (AvgIpc) is 2.73. The van der Waals surface area contributed by atoms with Crippen molar-refractivity contribution in [1.29, 1.82) is 0 Å². The van der Waals surface area contributed by atoms with Crippen molar-refractivity contribution in [3.63, 3.8) is 0 Å². The van der Waals surface area contributed by atoms with Crippen LogP contribution in [0.1, 0.15) is 0 Å². The van der Waals surface area contributed by atoms with Crippen molar-refractivity contribution in [3.05, 3.63) is 75.8 Å². The molecule has 0 unspecified atom stereocenters. The number of rotatable bonds is 7. The van der Waals surface area contributed by atoms with Gasteiger partial charge in [0.1, 0.15) is 17.1 Å². The Balaban J connectivity index is 2.02. The third-order valence-electron chi connectivity index (χ3n) is 4.30. The first-order valence-electron chi connectivity index (χ1n) is 9.06. The second kappa shape index (κ2) is 9.20. The van der Waals surface area contributed by atoms with Crippen molar-refractivity contribution in [1.82, 2.24) is 0 Å². The Morgan fingerprint density at radius 2 is 1.66 bits per heavy atom. The van der Waals surface area contributed by atoms with Crippen LogP contribution in [0.2, 0.25) is 5.02 Å². The van der Waals surface area contributed by atoms with E-state index >= 15 is 0 Å². The summed E-state index contributed by atoms with van der Waals surface area (Å²) in [5.74, 6) is -0.312. The van der Waals surface area contributed by atoms with E-state index in [0.29, 0.717) is 10.7 Å². The molecule has 0 aliphatic rings. The van der Waals surface area contributed by atoms with E-state index in [4.69, 9.17) is 11.6 Å². The van der Waals surface area contributed by atoms with Crippen LogP contribution >= 0.6 is 11.6 Å². The normalized spacial score (nSPS) is 11.5. The molecule has 0 amide bonds. The number of hydrogen-bond donors (Lipinski definition) is 2. The van der Waals surface area contributed by atoms with Gasteiger partial charge in [-0.15, -0.1) is 10.2 Å². The van der Waals surface area contributed by atoms with Crippen LogP contribution in [0.3, 0.4) is 0 Å². The SMILES string of the molecule is CN(C)c1ccc(N=Nc2cc([N+](=O)[O-])ccc2O)c(NS(=O)(=O)c2ccc(Cl)cc2)c1. The lowest BCUT2D eigenvalue weighted by Crippen LogP contribution is -2.14. The van der Waals surface area contributed by atoms with Crippen molar-refractivity contribution in [2.45, 2.75) is 4.90 Å². The second-order valence-electron chi connectivity index (χ2n) is 6.79. The summed E-state index contributed by atoms with van der Waals surface area (Å²) in [5, 5.41) is 29.2. The molecule has 0 saturated heterocycles. The first-order valence-corrected chi connectivity index (χ1v) is 10.9. The lowest BCUT2D eigenvalue weighted by Gasteiger charge is -2.16. The molecule has 0 spiro atoms. The number of phenols is 1. The molecule has 3 rings (SSSR count). The van der Waals surface area contributed by atoms with Crippen LogP contribution in [0.15, 0.2) is 75.8 Å². The van der Waals surface area contributed by atoms with Gasteiger partial charge in [0.15, 0.2) is 0 Å². The van der Waals surface area contributed by atoms with Crippen LogP contribution in [-0.4, -0.2) is 32.5 Å². The Morgan fingerprint density at radius 3 is 2.28 bits per heavy atom. The van der Waals surface area contributed by atoms with Gasteiger partial charge in [-0.3, -0.25) is 14.8 Å². The van der Waals surface area contributed by atoms with Crippen LogP contribution in [0, 0.1) is 10.1 Å². The molecule has 0 radical (unpaired) electrons. The summed E-state index contributed by atoms with van der Waals surface area (Å²) >= 11 is 5.83. The summed E-state index contributed by atoms with van der Waals surface area (Å²) in [4.78, 5) is 12.1. The van der Waals surface area contributed by atoms with Gasteiger partial charge in [-0.25, -0.2) is 8.42 Å². The van der Waals surface area contributed by atoms with Crippen molar-refractivity contribution in [2.75, 3.05) is 23.7 Å². The Labute approximate surface area is 189 Å². The summed E-state index contributed by atoms with van der Waals surface area (Å²) in [6.45, 7) is 0. The largest absolute Gasteiger partial charge is 0.506 e. The summed E-state index contributed by atoms with van der Waals surface area (Å²) in [6.07, 6.45) is 0. The Hall–Kier alpha value is -3.70. The Morgan fingerprint density at radius 1 is 1.00 bits per heavy atom. The molecule has 0 aliphatic carbocycles. The van der Waals surface area contributed by atoms with Gasteiger partial charge in [0, 0.05) is 36.9 Å². The summed E-state index contributed by atoms with van der Waals surface area (Å²) in [7, 11) is -0.398. The van der Waals surface area contributed by atoms with Crippen LogP contribution in [0.4, 0.5) is 28.4 Å². The molecule has 0 atom stereocenters. The quantitative estimate of drug-likeness (QED) is 0.272. The predicted octanol–water partition coefficient (Wildman–Crippen LogP) is 5.24. The molecule has 0 fully saturated rings. The first-order chi connectivity index (χ1) is 15.1. The smallest absolute Gasteiger partial charge is 0.271 e. The van der Waals surface area contributed by atoms with Crippen molar-refractivity contribution >= 4 is 50.1 Å². The molecule has 2 N–H and O–H groups in total. The second-order valence-corrected chi connectivity index (χ2v) is 8.90. The Bertz CT molecular complexity index is 1290. The van der Waals surface area contributed by atoms with Crippen molar-refractivity contribution in [2.24, 2.45) is 10.2 Å². The molecule has 0 aliphatic heterocycles. The van der Waals surface area contributed by atoms with Gasteiger partial charge in [0.25, 0.3) is 15.7 Å². The number of nitro groups is 1. The summed E-state index contributed by atoms with van der Waals surface area (Å²) in [6, 6.07) is 13.8. The van der Waals surface area contributed by atoms with Gasteiger partial charge in [-0.1, -0.05) is 11.6 Å². The number of phenolic OH excluding ortho intramolecular Hbond substituents is 1. The van der Waals surface area contributed by atoms with Gasteiger partial charge in [0.05, 0.1) is 15.5 Å². The minimum absolute atomic E-state index is 0.00336. The minimum atomic E-state index is -3.97. The van der Waals surface area contributed by atoms with E-state index in [9.17, 15) is 23.6 Å². The highest BCUT2D eigenvalue weighted by molar-refractivity contribution is 7.92. The molecule has 32 heavy (non-hydrogen) atoms. The number of nitro benzene ring substituents is 1. The number of halogens is 1. The summed E-state index contributed by atoms with van der Waals surface area (Å²) < 4.78 is 28.2.